The van der Waals surface area contributed by atoms with Gasteiger partial charge >= 0.3 is 12.0 Å². The Bertz CT molecular complexity index is 427. The predicted molar refractivity (Wildman–Crippen MR) is 72.1 cm³/mol. The Morgan fingerprint density at radius 1 is 1.30 bits per heavy atom. The SMILES string of the molecule is CC(C)C[C@@H](C(=O)O)N1C(=O)NC2(CCCCC2)C1=O. The van der Waals surface area contributed by atoms with Crippen molar-refractivity contribution in [1.29, 1.82) is 0 Å². The number of amides is 3. The maximum atomic E-state index is 12.6. The number of carboxylic acid groups (broad SMARTS) is 1. The summed E-state index contributed by atoms with van der Waals surface area (Å²) in [6, 6.07) is -1.62. The number of hydrogen-bond acceptors (Lipinski definition) is 3. The van der Waals surface area contributed by atoms with Gasteiger partial charge < -0.3 is 10.4 Å². The third kappa shape index (κ3) is 2.51. The van der Waals surface area contributed by atoms with E-state index >= 15 is 0 Å². The number of rotatable bonds is 4. The first-order chi connectivity index (χ1) is 9.37. The van der Waals surface area contributed by atoms with E-state index < -0.39 is 23.6 Å². The van der Waals surface area contributed by atoms with E-state index in [2.05, 4.69) is 5.32 Å². The Hall–Kier alpha value is -1.59. The summed E-state index contributed by atoms with van der Waals surface area (Å²) in [5.74, 6) is -1.37. The molecular formula is C14H22N2O4. The van der Waals surface area contributed by atoms with Gasteiger partial charge in [0.15, 0.2) is 0 Å². The topological polar surface area (TPSA) is 86.7 Å². The molecule has 0 bridgehead atoms. The van der Waals surface area contributed by atoms with Gasteiger partial charge in [0.2, 0.25) is 0 Å². The fourth-order valence-electron chi connectivity index (χ4n) is 3.18. The highest BCUT2D eigenvalue weighted by Gasteiger charge is 2.54. The number of aliphatic carboxylic acids is 1. The number of carbonyl (C=O) groups is 3. The van der Waals surface area contributed by atoms with Crippen LogP contribution in [0.5, 0.6) is 0 Å². The molecule has 1 atom stereocenters. The van der Waals surface area contributed by atoms with Crippen LogP contribution in [0.25, 0.3) is 0 Å². The van der Waals surface area contributed by atoms with Gasteiger partial charge in [-0.15, -0.1) is 0 Å². The van der Waals surface area contributed by atoms with Crippen LogP contribution < -0.4 is 5.32 Å². The number of nitrogens with zero attached hydrogens (tertiary/aromatic N) is 1. The smallest absolute Gasteiger partial charge is 0.327 e. The van der Waals surface area contributed by atoms with E-state index in [1.807, 2.05) is 13.8 Å². The predicted octanol–water partition coefficient (Wildman–Crippen LogP) is 1.74. The van der Waals surface area contributed by atoms with Crippen molar-refractivity contribution in [3.63, 3.8) is 0 Å². The van der Waals surface area contributed by atoms with Crippen molar-refractivity contribution >= 4 is 17.9 Å². The lowest BCUT2D eigenvalue weighted by Gasteiger charge is -2.31. The Balaban J connectivity index is 2.24. The summed E-state index contributed by atoms with van der Waals surface area (Å²) >= 11 is 0. The molecule has 3 amide bonds. The number of nitrogens with one attached hydrogen (secondary N) is 1. The molecule has 0 aromatic rings. The van der Waals surface area contributed by atoms with E-state index in [0.717, 1.165) is 24.2 Å². The first-order valence-electron chi connectivity index (χ1n) is 7.26. The second kappa shape index (κ2) is 5.42. The lowest BCUT2D eigenvalue weighted by molar-refractivity contribution is -0.148. The molecule has 0 unspecified atom stereocenters. The van der Waals surface area contributed by atoms with Crippen molar-refractivity contribution in [3.05, 3.63) is 0 Å². The second-order valence-corrected chi connectivity index (χ2v) is 6.23. The van der Waals surface area contributed by atoms with Crippen LogP contribution in [0.15, 0.2) is 0 Å². The summed E-state index contributed by atoms with van der Waals surface area (Å²) in [7, 11) is 0. The molecule has 2 rings (SSSR count). The molecule has 2 fully saturated rings. The van der Waals surface area contributed by atoms with Crippen molar-refractivity contribution in [2.24, 2.45) is 5.92 Å². The average Bonchev–Trinajstić information content (AvgIpc) is 2.59. The molecule has 112 valence electrons. The van der Waals surface area contributed by atoms with Gasteiger partial charge in [0.25, 0.3) is 5.91 Å². The minimum atomic E-state index is -1.12. The van der Waals surface area contributed by atoms with Crippen molar-refractivity contribution in [3.8, 4) is 0 Å². The highest BCUT2D eigenvalue weighted by Crippen LogP contribution is 2.35. The Kier molecular flexibility index (Phi) is 4.01. The lowest BCUT2D eigenvalue weighted by Crippen LogP contribution is -2.50. The van der Waals surface area contributed by atoms with E-state index in [1.165, 1.54) is 0 Å². The zero-order valence-corrected chi connectivity index (χ0v) is 12.0. The van der Waals surface area contributed by atoms with Gasteiger partial charge in [-0.1, -0.05) is 33.1 Å². The van der Waals surface area contributed by atoms with Gasteiger partial charge in [-0.2, -0.15) is 0 Å². The van der Waals surface area contributed by atoms with Crippen LogP contribution in [0, 0.1) is 5.92 Å². The molecule has 1 aliphatic carbocycles. The van der Waals surface area contributed by atoms with Gasteiger partial charge in [-0.05, 0) is 25.2 Å². The quantitative estimate of drug-likeness (QED) is 0.769. The average molecular weight is 282 g/mol. The van der Waals surface area contributed by atoms with Crippen LogP contribution in [0.4, 0.5) is 4.79 Å². The van der Waals surface area contributed by atoms with Gasteiger partial charge in [-0.25, -0.2) is 14.5 Å². The molecule has 0 aromatic heterocycles. The van der Waals surface area contributed by atoms with Crippen molar-refractivity contribution in [2.75, 3.05) is 0 Å². The molecule has 0 aromatic carbocycles. The van der Waals surface area contributed by atoms with E-state index in [1.54, 1.807) is 0 Å². The molecule has 1 saturated heterocycles. The van der Waals surface area contributed by atoms with Crippen LogP contribution in [0.1, 0.15) is 52.4 Å². The fourth-order valence-corrected chi connectivity index (χ4v) is 3.18. The number of carbonyl (C=O) groups excluding carboxylic acids is 2. The van der Waals surface area contributed by atoms with Gasteiger partial charge in [-0.3, -0.25) is 4.79 Å². The Labute approximate surface area is 118 Å². The molecule has 0 radical (unpaired) electrons. The standard InChI is InChI=1S/C14H22N2O4/c1-9(2)8-10(11(17)18)16-12(19)14(15-13(16)20)6-4-3-5-7-14/h9-10H,3-8H2,1-2H3,(H,15,20)(H,17,18)/t10-/m0/s1. The van der Waals surface area contributed by atoms with Crippen LogP contribution in [0.2, 0.25) is 0 Å². The van der Waals surface area contributed by atoms with E-state index in [-0.39, 0.29) is 18.2 Å². The summed E-state index contributed by atoms with van der Waals surface area (Å²) in [6.45, 7) is 3.76. The summed E-state index contributed by atoms with van der Waals surface area (Å²) in [6.07, 6.45) is 4.34. The molecule has 6 heteroatoms. The van der Waals surface area contributed by atoms with Crippen molar-refractivity contribution < 1.29 is 19.5 Å². The minimum absolute atomic E-state index is 0.0969. The zero-order valence-electron chi connectivity index (χ0n) is 12.0. The van der Waals surface area contributed by atoms with Crippen LogP contribution in [0.3, 0.4) is 0 Å². The highest BCUT2D eigenvalue weighted by molar-refractivity contribution is 6.09. The number of urea groups is 1. The maximum absolute atomic E-state index is 12.6. The zero-order chi connectivity index (χ0) is 14.9. The lowest BCUT2D eigenvalue weighted by atomic mass is 9.81. The molecule has 1 saturated carbocycles. The number of imide groups is 1. The molecule has 2 N–H and O–H groups in total. The first kappa shape index (κ1) is 14.8. The summed E-state index contributed by atoms with van der Waals surface area (Å²) in [5, 5.41) is 12.1. The van der Waals surface area contributed by atoms with Gasteiger partial charge in [0, 0.05) is 0 Å². The fraction of sp³-hybridized carbons (Fsp3) is 0.786. The van der Waals surface area contributed by atoms with Gasteiger partial charge in [0.05, 0.1) is 0 Å². The minimum Gasteiger partial charge on any atom is -0.480 e. The molecular weight excluding hydrogens is 260 g/mol. The molecule has 2 aliphatic rings. The Morgan fingerprint density at radius 2 is 1.90 bits per heavy atom. The molecule has 6 nitrogen and oxygen atoms in total. The van der Waals surface area contributed by atoms with E-state index in [0.29, 0.717) is 12.8 Å². The van der Waals surface area contributed by atoms with Crippen LogP contribution >= 0.6 is 0 Å². The first-order valence-corrected chi connectivity index (χ1v) is 7.26. The molecule has 20 heavy (non-hydrogen) atoms. The van der Waals surface area contributed by atoms with Gasteiger partial charge in [0.1, 0.15) is 11.6 Å². The monoisotopic (exact) mass is 282 g/mol. The molecule has 1 aliphatic heterocycles. The Morgan fingerprint density at radius 3 is 2.40 bits per heavy atom. The van der Waals surface area contributed by atoms with Crippen LogP contribution in [-0.2, 0) is 9.59 Å². The third-order valence-corrected chi connectivity index (χ3v) is 4.19. The second-order valence-electron chi connectivity index (χ2n) is 6.23. The highest BCUT2D eigenvalue weighted by atomic mass is 16.4. The van der Waals surface area contributed by atoms with Crippen molar-refractivity contribution in [2.45, 2.75) is 64.0 Å². The number of carboxylic acids is 1. The summed E-state index contributed by atoms with van der Waals surface area (Å²) in [5.41, 5.74) is -0.847. The normalized spacial score (nSPS) is 23.2. The van der Waals surface area contributed by atoms with E-state index in [9.17, 15) is 19.5 Å². The largest absolute Gasteiger partial charge is 0.480 e. The molecule has 1 heterocycles. The van der Waals surface area contributed by atoms with Crippen LogP contribution in [-0.4, -0.2) is 39.5 Å². The summed E-state index contributed by atoms with van der Waals surface area (Å²) in [4.78, 5) is 37.1. The third-order valence-electron chi connectivity index (χ3n) is 4.19. The van der Waals surface area contributed by atoms with E-state index in [4.69, 9.17) is 0 Å². The van der Waals surface area contributed by atoms with Crippen molar-refractivity contribution in [1.82, 2.24) is 10.2 Å². The molecule has 1 spiro atoms. The number of hydrogen-bond donors (Lipinski definition) is 2. The summed E-state index contributed by atoms with van der Waals surface area (Å²) < 4.78 is 0. The maximum Gasteiger partial charge on any atom is 0.327 e.